The van der Waals surface area contributed by atoms with E-state index < -0.39 is 41.1 Å². The third kappa shape index (κ3) is 3.25. The number of rotatable bonds is 3. The molecule has 0 aliphatic rings. The van der Waals surface area contributed by atoms with Crippen LogP contribution in [-0.4, -0.2) is 18.0 Å². The fraction of sp³-hybridized carbons (Fsp3) is 0.364. The van der Waals surface area contributed by atoms with Crippen LogP contribution < -0.4 is 5.73 Å². The lowest BCUT2D eigenvalue weighted by atomic mass is 9.89. The van der Waals surface area contributed by atoms with Crippen LogP contribution in [0.4, 0.5) is 22.0 Å². The highest BCUT2D eigenvalue weighted by atomic mass is 19.4. The predicted molar refractivity (Wildman–Crippen MR) is 53.8 cm³/mol. The molecule has 0 aliphatic heterocycles. The smallest absolute Gasteiger partial charge is 0.321 e. The Kier molecular flexibility index (Phi) is 4.05. The van der Waals surface area contributed by atoms with Gasteiger partial charge in [0, 0.05) is 6.07 Å². The number of Topliss-reactive ketones (excluding diaryl/α,β-unsaturated/α-hetero) is 1. The van der Waals surface area contributed by atoms with Crippen molar-refractivity contribution in [1.82, 2.24) is 0 Å². The molecule has 2 N–H and O–H groups in total. The Morgan fingerprint density at radius 1 is 1.17 bits per heavy atom. The number of alkyl halides is 3. The van der Waals surface area contributed by atoms with E-state index in [-0.39, 0.29) is 0 Å². The molecule has 1 rings (SSSR count). The van der Waals surface area contributed by atoms with E-state index in [1.807, 2.05) is 0 Å². The molecule has 2 atom stereocenters. The molecule has 0 heterocycles. The molecule has 0 aromatic heterocycles. The molecule has 0 unspecified atom stereocenters. The molecule has 0 fully saturated rings. The molecular weight excluding hydrogens is 257 g/mol. The van der Waals surface area contributed by atoms with Crippen molar-refractivity contribution in [2.45, 2.75) is 25.1 Å². The van der Waals surface area contributed by atoms with E-state index in [9.17, 15) is 26.7 Å². The van der Waals surface area contributed by atoms with Gasteiger partial charge >= 0.3 is 6.18 Å². The lowest BCUT2D eigenvalue weighted by molar-refractivity contribution is -0.159. The van der Waals surface area contributed by atoms with Crippen LogP contribution in [0.2, 0.25) is 0 Å². The molecule has 0 saturated heterocycles. The van der Waals surface area contributed by atoms with Gasteiger partial charge in [-0.05, 0) is 24.6 Å². The number of benzene rings is 1. The highest BCUT2D eigenvalue weighted by Gasteiger charge is 2.46. The maximum Gasteiger partial charge on any atom is 0.397 e. The first-order valence-corrected chi connectivity index (χ1v) is 4.91. The monoisotopic (exact) mass is 267 g/mol. The summed E-state index contributed by atoms with van der Waals surface area (Å²) in [6.45, 7) is 0.888. The van der Waals surface area contributed by atoms with E-state index in [1.165, 1.54) is 0 Å². The molecular formula is C11H10F5NO. The maximum absolute atomic E-state index is 12.9. The number of hydrogen-bond acceptors (Lipinski definition) is 2. The number of carbonyl (C=O) groups is 1. The van der Waals surface area contributed by atoms with Crippen LogP contribution in [0.3, 0.4) is 0 Å². The quantitative estimate of drug-likeness (QED) is 0.855. The average Bonchev–Trinajstić information content (AvgIpc) is 2.13. The average molecular weight is 267 g/mol. The maximum atomic E-state index is 12.9. The molecule has 2 nitrogen and oxygen atoms in total. The second-order valence-electron chi connectivity index (χ2n) is 3.86. The lowest BCUT2D eigenvalue weighted by Gasteiger charge is -2.25. The molecule has 0 spiro atoms. The second-order valence-corrected chi connectivity index (χ2v) is 3.86. The molecule has 1 aromatic rings. The Morgan fingerprint density at radius 3 is 1.94 bits per heavy atom. The Balaban J connectivity index is 3.30. The van der Waals surface area contributed by atoms with E-state index in [2.05, 4.69) is 0 Å². The number of carbonyl (C=O) groups excluding carboxylic acids is 1. The van der Waals surface area contributed by atoms with Crippen LogP contribution >= 0.6 is 0 Å². The minimum atomic E-state index is -4.87. The predicted octanol–water partition coefficient (Wildman–Crippen LogP) is 2.53. The van der Waals surface area contributed by atoms with Crippen molar-refractivity contribution >= 4 is 5.78 Å². The van der Waals surface area contributed by atoms with Crippen LogP contribution in [0.25, 0.3) is 0 Å². The summed E-state index contributed by atoms with van der Waals surface area (Å²) in [5.41, 5.74) is 4.46. The van der Waals surface area contributed by atoms with Gasteiger partial charge in [0.25, 0.3) is 0 Å². The number of ketones is 1. The highest BCUT2D eigenvalue weighted by Crippen LogP contribution is 2.37. The SMILES string of the molecule is CC(=O)[C@@H](N)[C@@H](c1cc(F)cc(F)c1)C(F)(F)F. The topological polar surface area (TPSA) is 43.1 Å². The summed E-state index contributed by atoms with van der Waals surface area (Å²) in [5.74, 6) is -5.66. The van der Waals surface area contributed by atoms with Gasteiger partial charge in [-0.1, -0.05) is 0 Å². The van der Waals surface area contributed by atoms with Crippen molar-refractivity contribution < 1.29 is 26.7 Å². The van der Waals surface area contributed by atoms with E-state index in [0.29, 0.717) is 18.2 Å². The number of halogens is 5. The summed E-state index contributed by atoms with van der Waals surface area (Å²) in [7, 11) is 0. The van der Waals surface area contributed by atoms with E-state index in [4.69, 9.17) is 5.73 Å². The van der Waals surface area contributed by atoms with Crippen LogP contribution in [0.5, 0.6) is 0 Å². The van der Waals surface area contributed by atoms with Gasteiger partial charge < -0.3 is 5.73 Å². The third-order valence-corrected chi connectivity index (χ3v) is 2.43. The highest BCUT2D eigenvalue weighted by molar-refractivity contribution is 5.82. The van der Waals surface area contributed by atoms with Crippen LogP contribution in [0, 0.1) is 11.6 Å². The van der Waals surface area contributed by atoms with Crippen LogP contribution in [0.15, 0.2) is 18.2 Å². The Labute approximate surface area is 99.6 Å². The Morgan fingerprint density at radius 2 is 1.61 bits per heavy atom. The van der Waals surface area contributed by atoms with E-state index in [1.54, 1.807) is 0 Å². The molecule has 0 radical (unpaired) electrons. The van der Waals surface area contributed by atoms with E-state index >= 15 is 0 Å². The minimum absolute atomic E-state index is 0.441. The first-order valence-electron chi connectivity index (χ1n) is 4.91. The number of hydrogen-bond donors (Lipinski definition) is 1. The van der Waals surface area contributed by atoms with Gasteiger partial charge in [-0.2, -0.15) is 13.2 Å². The second kappa shape index (κ2) is 5.01. The van der Waals surface area contributed by atoms with Crippen molar-refractivity contribution in [3.63, 3.8) is 0 Å². The fourth-order valence-corrected chi connectivity index (χ4v) is 1.59. The summed E-state index contributed by atoms with van der Waals surface area (Å²) in [6, 6.07) is -0.421. The van der Waals surface area contributed by atoms with Gasteiger partial charge in [-0.3, -0.25) is 4.79 Å². The van der Waals surface area contributed by atoms with Crippen molar-refractivity contribution in [3.8, 4) is 0 Å². The number of nitrogens with two attached hydrogens (primary N) is 1. The summed E-state index contributed by atoms with van der Waals surface area (Å²) < 4.78 is 64.2. The van der Waals surface area contributed by atoms with Gasteiger partial charge in [0.2, 0.25) is 0 Å². The fourth-order valence-electron chi connectivity index (χ4n) is 1.59. The standard InChI is InChI=1S/C11H10F5NO/c1-5(18)10(17)9(11(14,15)16)6-2-7(12)4-8(13)3-6/h2-4,9-10H,17H2,1H3/t9-,10-/m1/s1. The zero-order valence-corrected chi connectivity index (χ0v) is 9.26. The van der Waals surface area contributed by atoms with Gasteiger partial charge in [0.15, 0.2) is 0 Å². The van der Waals surface area contributed by atoms with Crippen LogP contribution in [0.1, 0.15) is 18.4 Å². The summed E-state index contributed by atoms with van der Waals surface area (Å²) in [5, 5.41) is 0. The van der Waals surface area contributed by atoms with Gasteiger partial charge in [0.1, 0.15) is 23.3 Å². The lowest BCUT2D eigenvalue weighted by Crippen LogP contribution is -2.42. The van der Waals surface area contributed by atoms with E-state index in [0.717, 1.165) is 6.92 Å². The zero-order chi connectivity index (χ0) is 14.1. The van der Waals surface area contributed by atoms with Gasteiger partial charge in [0.05, 0.1) is 6.04 Å². The largest absolute Gasteiger partial charge is 0.397 e. The van der Waals surface area contributed by atoms with Crippen molar-refractivity contribution in [2.75, 3.05) is 0 Å². The molecule has 0 bridgehead atoms. The first-order chi connectivity index (χ1) is 8.12. The van der Waals surface area contributed by atoms with Crippen molar-refractivity contribution in [3.05, 3.63) is 35.4 Å². The normalized spacial score (nSPS) is 15.3. The molecule has 18 heavy (non-hydrogen) atoms. The molecule has 7 heteroatoms. The van der Waals surface area contributed by atoms with Gasteiger partial charge in [-0.15, -0.1) is 0 Å². The summed E-state index contributed by atoms with van der Waals surface area (Å²) in [6.07, 6.45) is -4.87. The minimum Gasteiger partial charge on any atom is -0.321 e. The molecule has 0 saturated carbocycles. The Hall–Kier alpha value is -1.50. The first kappa shape index (κ1) is 14.6. The molecule has 100 valence electrons. The molecule has 0 amide bonds. The van der Waals surface area contributed by atoms with Crippen molar-refractivity contribution in [1.29, 1.82) is 0 Å². The van der Waals surface area contributed by atoms with Crippen molar-refractivity contribution in [2.24, 2.45) is 5.73 Å². The van der Waals surface area contributed by atoms with Crippen LogP contribution in [-0.2, 0) is 4.79 Å². The summed E-state index contributed by atoms with van der Waals surface area (Å²) >= 11 is 0. The summed E-state index contributed by atoms with van der Waals surface area (Å²) in [4.78, 5) is 11.0. The molecule has 0 aliphatic carbocycles. The van der Waals surface area contributed by atoms with Gasteiger partial charge in [-0.25, -0.2) is 8.78 Å². The zero-order valence-electron chi connectivity index (χ0n) is 9.26. The molecule has 1 aromatic carbocycles. The Bertz CT molecular complexity index is 437. The third-order valence-electron chi connectivity index (χ3n) is 2.43.